The summed E-state index contributed by atoms with van der Waals surface area (Å²) in [5.41, 5.74) is 13.3. The molecule has 0 radical (unpaired) electrons. The Morgan fingerprint density at radius 3 is 2.66 bits per heavy atom. The Bertz CT molecular complexity index is 953. The molecule has 0 spiro atoms. The minimum atomic E-state index is 0.391. The van der Waals surface area contributed by atoms with Crippen molar-refractivity contribution in [1.29, 1.82) is 0 Å². The summed E-state index contributed by atoms with van der Waals surface area (Å²) in [7, 11) is 0. The smallest absolute Gasteiger partial charge is 0.110 e. The van der Waals surface area contributed by atoms with Gasteiger partial charge >= 0.3 is 0 Å². The van der Waals surface area contributed by atoms with Crippen LogP contribution in [0.15, 0.2) is 42.5 Å². The Morgan fingerprint density at radius 2 is 1.86 bits per heavy atom. The summed E-state index contributed by atoms with van der Waals surface area (Å²) < 4.78 is 0. The van der Waals surface area contributed by atoms with Gasteiger partial charge in [0.1, 0.15) is 5.82 Å². The van der Waals surface area contributed by atoms with Crippen molar-refractivity contribution in [3.05, 3.63) is 65.0 Å². The average Bonchev–Trinajstić information content (AvgIpc) is 3.37. The van der Waals surface area contributed by atoms with Crippen LogP contribution < -0.4 is 10.9 Å². The molecule has 0 saturated carbocycles. The maximum Gasteiger partial charge on any atom is 0.110 e. The Labute approximate surface area is 172 Å². The van der Waals surface area contributed by atoms with Crippen LogP contribution >= 0.6 is 0 Å². The van der Waals surface area contributed by atoms with Gasteiger partial charge in [-0.15, -0.1) is 0 Å². The molecule has 3 heterocycles. The van der Waals surface area contributed by atoms with E-state index in [1.54, 1.807) is 0 Å². The number of H-pyrrole nitrogens is 1. The van der Waals surface area contributed by atoms with Crippen LogP contribution in [0.1, 0.15) is 47.3 Å². The molecule has 0 aliphatic carbocycles. The standard InChI is InChI=1S/C24H31N5/c1-16-7-8-19(13-17(16)2)23-20(14-25-28-23)15-29-11-9-18(10-12-29)24-26-21-5-3-4-6-22(21)27-24/h3-8,13,18,20,23,25,28H,9-12,14-15H2,1-2H3,(H,26,27). The van der Waals surface area contributed by atoms with Crippen LogP contribution in [0.25, 0.3) is 11.0 Å². The van der Waals surface area contributed by atoms with E-state index in [9.17, 15) is 0 Å². The fourth-order valence-electron chi connectivity index (χ4n) is 4.91. The zero-order valence-electron chi connectivity index (χ0n) is 17.4. The van der Waals surface area contributed by atoms with Crippen LogP contribution in [-0.2, 0) is 0 Å². The molecule has 29 heavy (non-hydrogen) atoms. The molecule has 2 saturated heterocycles. The molecule has 0 bridgehead atoms. The Balaban J connectivity index is 1.21. The van der Waals surface area contributed by atoms with Crippen molar-refractivity contribution in [3.8, 4) is 0 Å². The van der Waals surface area contributed by atoms with Gasteiger partial charge in [-0.25, -0.2) is 10.4 Å². The van der Waals surface area contributed by atoms with Crippen LogP contribution in [0.5, 0.6) is 0 Å². The fourth-order valence-corrected chi connectivity index (χ4v) is 4.91. The number of aryl methyl sites for hydroxylation is 2. The lowest BCUT2D eigenvalue weighted by Crippen LogP contribution is -2.38. The van der Waals surface area contributed by atoms with Crippen molar-refractivity contribution in [3.63, 3.8) is 0 Å². The maximum atomic E-state index is 4.84. The molecule has 1 aromatic heterocycles. The van der Waals surface area contributed by atoms with Gasteiger partial charge in [0.15, 0.2) is 0 Å². The van der Waals surface area contributed by atoms with E-state index in [0.717, 1.165) is 37.2 Å². The van der Waals surface area contributed by atoms with Gasteiger partial charge in [0.25, 0.3) is 0 Å². The Morgan fingerprint density at radius 1 is 1.03 bits per heavy atom. The summed E-state index contributed by atoms with van der Waals surface area (Å²) in [5.74, 6) is 2.32. The fraction of sp³-hybridized carbons (Fsp3) is 0.458. The van der Waals surface area contributed by atoms with Gasteiger partial charge in [-0.05, 0) is 68.6 Å². The first-order valence-corrected chi connectivity index (χ1v) is 10.9. The topological polar surface area (TPSA) is 56.0 Å². The van der Waals surface area contributed by atoms with E-state index in [2.05, 4.69) is 77.0 Å². The van der Waals surface area contributed by atoms with Crippen molar-refractivity contribution < 1.29 is 0 Å². The number of fused-ring (bicyclic) bond motifs is 1. The Kier molecular flexibility index (Phi) is 5.12. The molecule has 3 N–H and O–H groups in total. The summed E-state index contributed by atoms with van der Waals surface area (Å²) in [4.78, 5) is 11.0. The second-order valence-electron chi connectivity index (χ2n) is 8.82. The number of aromatic nitrogens is 2. The van der Waals surface area contributed by atoms with Crippen molar-refractivity contribution in [2.24, 2.45) is 5.92 Å². The second kappa shape index (κ2) is 7.90. The van der Waals surface area contributed by atoms with Crippen molar-refractivity contribution in [1.82, 2.24) is 25.7 Å². The third-order valence-electron chi connectivity index (χ3n) is 6.86. The monoisotopic (exact) mass is 389 g/mol. The molecule has 2 atom stereocenters. The molecule has 3 aromatic rings. The van der Waals surface area contributed by atoms with E-state index < -0.39 is 0 Å². The summed E-state index contributed by atoms with van der Waals surface area (Å²) in [6, 6.07) is 15.6. The number of hydrazine groups is 1. The normalized spacial score (nSPS) is 23.8. The van der Waals surface area contributed by atoms with Crippen LogP contribution in [0.2, 0.25) is 0 Å². The Hall–Kier alpha value is -2.21. The highest BCUT2D eigenvalue weighted by molar-refractivity contribution is 5.74. The lowest BCUT2D eigenvalue weighted by atomic mass is 9.90. The van der Waals surface area contributed by atoms with Gasteiger partial charge in [-0.1, -0.05) is 30.3 Å². The van der Waals surface area contributed by atoms with Crippen molar-refractivity contribution >= 4 is 11.0 Å². The number of para-hydroxylation sites is 2. The average molecular weight is 390 g/mol. The molecule has 2 fully saturated rings. The highest BCUT2D eigenvalue weighted by Gasteiger charge is 2.32. The van der Waals surface area contributed by atoms with E-state index in [-0.39, 0.29) is 0 Å². The molecule has 2 aliphatic heterocycles. The summed E-state index contributed by atoms with van der Waals surface area (Å²) in [6.07, 6.45) is 2.36. The maximum absolute atomic E-state index is 4.84. The predicted molar refractivity (Wildman–Crippen MR) is 118 cm³/mol. The number of aromatic amines is 1. The number of piperidine rings is 1. The number of benzene rings is 2. The third kappa shape index (κ3) is 3.82. The molecule has 2 unspecified atom stereocenters. The largest absolute Gasteiger partial charge is 0.342 e. The lowest BCUT2D eigenvalue weighted by molar-refractivity contribution is 0.178. The molecular formula is C24H31N5. The number of rotatable bonds is 4. The molecule has 5 nitrogen and oxygen atoms in total. The van der Waals surface area contributed by atoms with Gasteiger partial charge in [0.05, 0.1) is 17.1 Å². The SMILES string of the molecule is Cc1ccc(C2NNCC2CN2CCC(c3nc4ccccc4[nH]3)CC2)cc1C. The van der Waals surface area contributed by atoms with Crippen LogP contribution in [0, 0.1) is 19.8 Å². The van der Waals surface area contributed by atoms with E-state index in [1.165, 1.54) is 35.4 Å². The minimum Gasteiger partial charge on any atom is -0.342 e. The number of imidazole rings is 1. The van der Waals surface area contributed by atoms with Gasteiger partial charge < -0.3 is 9.88 Å². The van der Waals surface area contributed by atoms with Crippen LogP contribution in [-0.4, -0.2) is 41.0 Å². The second-order valence-corrected chi connectivity index (χ2v) is 8.82. The molecule has 2 aliphatic rings. The van der Waals surface area contributed by atoms with Gasteiger partial charge in [0.2, 0.25) is 0 Å². The zero-order valence-corrected chi connectivity index (χ0v) is 17.4. The molecule has 5 heteroatoms. The van der Waals surface area contributed by atoms with Gasteiger partial charge in [0, 0.05) is 24.9 Å². The third-order valence-corrected chi connectivity index (χ3v) is 6.86. The molecule has 5 rings (SSSR count). The number of nitrogens with zero attached hydrogens (tertiary/aromatic N) is 2. The quantitative estimate of drug-likeness (QED) is 0.635. The number of hydrogen-bond donors (Lipinski definition) is 3. The lowest BCUT2D eigenvalue weighted by Gasteiger charge is -2.34. The molecule has 152 valence electrons. The van der Waals surface area contributed by atoms with E-state index in [0.29, 0.717) is 17.9 Å². The summed E-state index contributed by atoms with van der Waals surface area (Å²) in [5, 5.41) is 0. The highest BCUT2D eigenvalue weighted by Crippen LogP contribution is 2.31. The number of nitrogens with one attached hydrogen (secondary N) is 3. The van der Waals surface area contributed by atoms with Gasteiger partial charge in [-0.3, -0.25) is 5.43 Å². The first-order valence-electron chi connectivity index (χ1n) is 10.9. The van der Waals surface area contributed by atoms with E-state index >= 15 is 0 Å². The number of hydrogen-bond acceptors (Lipinski definition) is 4. The predicted octanol–water partition coefficient (Wildman–Crippen LogP) is 3.82. The molecule has 2 aromatic carbocycles. The van der Waals surface area contributed by atoms with E-state index in [4.69, 9.17) is 4.98 Å². The van der Waals surface area contributed by atoms with Crippen molar-refractivity contribution in [2.45, 2.75) is 38.6 Å². The minimum absolute atomic E-state index is 0.391. The van der Waals surface area contributed by atoms with Crippen molar-refractivity contribution in [2.75, 3.05) is 26.2 Å². The molecule has 0 amide bonds. The zero-order chi connectivity index (χ0) is 19.8. The van der Waals surface area contributed by atoms with Crippen LogP contribution in [0.4, 0.5) is 0 Å². The molecular weight excluding hydrogens is 358 g/mol. The van der Waals surface area contributed by atoms with Crippen LogP contribution in [0.3, 0.4) is 0 Å². The highest BCUT2D eigenvalue weighted by atomic mass is 15.4. The van der Waals surface area contributed by atoms with E-state index in [1.807, 2.05) is 0 Å². The first-order chi connectivity index (χ1) is 14.2. The summed E-state index contributed by atoms with van der Waals surface area (Å²) in [6.45, 7) is 8.86. The first kappa shape index (κ1) is 18.8. The number of likely N-dealkylation sites (tertiary alicyclic amines) is 1. The summed E-state index contributed by atoms with van der Waals surface area (Å²) >= 11 is 0. The van der Waals surface area contributed by atoms with Gasteiger partial charge in [-0.2, -0.15) is 0 Å².